The van der Waals surface area contributed by atoms with E-state index in [1.807, 2.05) is 25.1 Å². The van der Waals surface area contributed by atoms with Gasteiger partial charge in [0.2, 0.25) is 0 Å². The highest BCUT2D eigenvalue weighted by Crippen LogP contribution is 2.17. The summed E-state index contributed by atoms with van der Waals surface area (Å²) in [5.41, 5.74) is 1.32. The van der Waals surface area contributed by atoms with Crippen LogP contribution in [0, 0.1) is 0 Å². The van der Waals surface area contributed by atoms with Gasteiger partial charge in [-0.3, -0.25) is 0 Å². The number of rotatable bonds is 6. The molecule has 0 radical (unpaired) electrons. The van der Waals surface area contributed by atoms with Crippen LogP contribution in [0.4, 0.5) is 4.79 Å². The zero-order valence-corrected chi connectivity index (χ0v) is 10.7. The summed E-state index contributed by atoms with van der Waals surface area (Å²) in [6.45, 7) is 5.67. The van der Waals surface area contributed by atoms with Crippen LogP contribution in [0.5, 0.6) is 0 Å². The van der Waals surface area contributed by atoms with E-state index in [1.54, 1.807) is 0 Å². The van der Waals surface area contributed by atoms with Gasteiger partial charge in [-0.2, -0.15) is 0 Å². The van der Waals surface area contributed by atoms with Crippen LogP contribution < -0.4 is 10.6 Å². The van der Waals surface area contributed by atoms with E-state index >= 15 is 0 Å². The molecule has 1 unspecified atom stereocenters. The minimum absolute atomic E-state index is 0.0629. The van der Waals surface area contributed by atoms with Crippen molar-refractivity contribution in [3.8, 4) is 0 Å². The molecule has 0 aliphatic rings. The highest BCUT2D eigenvalue weighted by atomic mass is 16.2. The molecule has 0 spiro atoms. The van der Waals surface area contributed by atoms with Crippen LogP contribution in [-0.4, -0.2) is 19.1 Å². The second-order valence-corrected chi connectivity index (χ2v) is 4.28. The molecule has 1 aromatic rings. The second kappa shape index (κ2) is 7.71. The van der Waals surface area contributed by atoms with Gasteiger partial charge in [-0.05, 0) is 24.3 Å². The lowest BCUT2D eigenvalue weighted by atomic mass is 9.98. The Morgan fingerprint density at radius 3 is 2.47 bits per heavy atom. The topological polar surface area (TPSA) is 41.1 Å². The van der Waals surface area contributed by atoms with E-state index in [0.717, 1.165) is 19.4 Å². The van der Waals surface area contributed by atoms with Crippen molar-refractivity contribution in [2.75, 3.05) is 13.1 Å². The van der Waals surface area contributed by atoms with E-state index in [-0.39, 0.29) is 6.03 Å². The fourth-order valence-corrected chi connectivity index (χ4v) is 1.65. The number of hydrogen-bond donors (Lipinski definition) is 2. The Morgan fingerprint density at radius 1 is 1.18 bits per heavy atom. The summed E-state index contributed by atoms with van der Waals surface area (Å²) in [5, 5.41) is 5.66. The first-order valence-corrected chi connectivity index (χ1v) is 6.30. The van der Waals surface area contributed by atoms with Crippen LogP contribution in [0.1, 0.15) is 38.2 Å². The molecule has 0 fully saturated rings. The minimum Gasteiger partial charge on any atom is -0.338 e. The first kappa shape index (κ1) is 13.6. The monoisotopic (exact) mass is 234 g/mol. The van der Waals surface area contributed by atoms with Gasteiger partial charge in [0.1, 0.15) is 0 Å². The number of nitrogens with one attached hydrogen (secondary N) is 2. The molecule has 0 heterocycles. The average molecular weight is 234 g/mol. The van der Waals surface area contributed by atoms with Crippen molar-refractivity contribution >= 4 is 6.03 Å². The molecule has 3 heteroatoms. The fraction of sp³-hybridized carbons (Fsp3) is 0.500. The van der Waals surface area contributed by atoms with Crippen LogP contribution in [-0.2, 0) is 0 Å². The highest BCUT2D eigenvalue weighted by Gasteiger charge is 2.05. The maximum Gasteiger partial charge on any atom is 0.314 e. The first-order valence-electron chi connectivity index (χ1n) is 6.30. The predicted molar refractivity (Wildman–Crippen MR) is 71.2 cm³/mol. The summed E-state index contributed by atoms with van der Waals surface area (Å²) in [6.07, 6.45) is 1.93. The van der Waals surface area contributed by atoms with Gasteiger partial charge in [0.15, 0.2) is 0 Å². The smallest absolute Gasteiger partial charge is 0.314 e. The zero-order valence-electron chi connectivity index (χ0n) is 10.7. The van der Waals surface area contributed by atoms with E-state index < -0.39 is 0 Å². The summed E-state index contributed by atoms with van der Waals surface area (Å²) in [4.78, 5) is 11.3. The molecule has 0 aliphatic carbocycles. The lowest BCUT2D eigenvalue weighted by Crippen LogP contribution is -2.36. The van der Waals surface area contributed by atoms with Crippen molar-refractivity contribution in [1.82, 2.24) is 10.6 Å². The van der Waals surface area contributed by atoms with Crippen molar-refractivity contribution < 1.29 is 4.79 Å². The molecule has 17 heavy (non-hydrogen) atoms. The molecule has 1 rings (SSSR count). The molecule has 0 aliphatic heterocycles. The fourth-order valence-electron chi connectivity index (χ4n) is 1.65. The van der Waals surface area contributed by atoms with Gasteiger partial charge in [-0.15, -0.1) is 0 Å². The van der Waals surface area contributed by atoms with Gasteiger partial charge >= 0.3 is 6.03 Å². The Bertz CT molecular complexity index is 324. The summed E-state index contributed by atoms with van der Waals surface area (Å²) in [5.74, 6) is 0.475. The van der Waals surface area contributed by atoms with Gasteiger partial charge < -0.3 is 10.6 Å². The van der Waals surface area contributed by atoms with E-state index in [1.165, 1.54) is 5.56 Å². The SMILES string of the molecule is CCCNC(=O)NCCC(C)c1ccccc1. The van der Waals surface area contributed by atoms with Crippen molar-refractivity contribution in [2.24, 2.45) is 0 Å². The molecular weight excluding hydrogens is 212 g/mol. The molecule has 0 saturated carbocycles. The Kier molecular flexibility index (Phi) is 6.15. The first-order chi connectivity index (χ1) is 8.24. The Morgan fingerprint density at radius 2 is 1.82 bits per heavy atom. The van der Waals surface area contributed by atoms with Crippen LogP contribution >= 0.6 is 0 Å². The largest absolute Gasteiger partial charge is 0.338 e. The maximum atomic E-state index is 11.3. The van der Waals surface area contributed by atoms with Crippen molar-refractivity contribution in [3.05, 3.63) is 35.9 Å². The molecular formula is C14H22N2O. The van der Waals surface area contributed by atoms with Gasteiger partial charge in [0.05, 0.1) is 0 Å². The third kappa shape index (κ3) is 5.38. The molecule has 1 aromatic carbocycles. The quantitative estimate of drug-likeness (QED) is 0.780. The summed E-state index contributed by atoms with van der Waals surface area (Å²) >= 11 is 0. The third-order valence-electron chi connectivity index (χ3n) is 2.77. The lowest BCUT2D eigenvalue weighted by molar-refractivity contribution is 0.240. The summed E-state index contributed by atoms with van der Waals surface area (Å²) in [6, 6.07) is 10.3. The zero-order chi connectivity index (χ0) is 12.5. The van der Waals surface area contributed by atoms with Crippen LogP contribution in [0.3, 0.4) is 0 Å². The molecule has 2 amide bonds. The molecule has 0 saturated heterocycles. The number of carbonyl (C=O) groups is 1. The number of benzene rings is 1. The van der Waals surface area contributed by atoms with Crippen molar-refractivity contribution in [3.63, 3.8) is 0 Å². The van der Waals surface area contributed by atoms with Gasteiger partial charge in [0, 0.05) is 13.1 Å². The average Bonchev–Trinajstić information content (AvgIpc) is 2.37. The minimum atomic E-state index is -0.0629. The van der Waals surface area contributed by atoms with Crippen molar-refractivity contribution in [2.45, 2.75) is 32.6 Å². The number of carbonyl (C=O) groups excluding carboxylic acids is 1. The molecule has 94 valence electrons. The predicted octanol–water partition coefficient (Wildman–Crippen LogP) is 2.89. The van der Waals surface area contributed by atoms with Crippen molar-refractivity contribution in [1.29, 1.82) is 0 Å². The molecule has 1 atom stereocenters. The summed E-state index contributed by atoms with van der Waals surface area (Å²) in [7, 11) is 0. The third-order valence-corrected chi connectivity index (χ3v) is 2.77. The van der Waals surface area contributed by atoms with E-state index in [2.05, 4.69) is 29.7 Å². The van der Waals surface area contributed by atoms with E-state index in [9.17, 15) is 4.79 Å². The molecule has 2 N–H and O–H groups in total. The normalized spacial score (nSPS) is 11.9. The molecule has 3 nitrogen and oxygen atoms in total. The Balaban J connectivity index is 2.20. The highest BCUT2D eigenvalue weighted by molar-refractivity contribution is 5.73. The van der Waals surface area contributed by atoms with E-state index in [4.69, 9.17) is 0 Å². The summed E-state index contributed by atoms with van der Waals surface area (Å²) < 4.78 is 0. The van der Waals surface area contributed by atoms with Crippen LogP contribution in [0.2, 0.25) is 0 Å². The number of amides is 2. The second-order valence-electron chi connectivity index (χ2n) is 4.28. The van der Waals surface area contributed by atoms with Gasteiger partial charge in [-0.25, -0.2) is 4.79 Å². The lowest BCUT2D eigenvalue weighted by Gasteiger charge is -2.12. The molecule has 0 bridgehead atoms. The van der Waals surface area contributed by atoms with Crippen LogP contribution in [0.25, 0.3) is 0 Å². The van der Waals surface area contributed by atoms with E-state index in [0.29, 0.717) is 12.5 Å². The number of hydrogen-bond acceptors (Lipinski definition) is 1. The van der Waals surface area contributed by atoms with Gasteiger partial charge in [-0.1, -0.05) is 44.2 Å². The Hall–Kier alpha value is -1.51. The maximum absolute atomic E-state index is 11.3. The molecule has 0 aromatic heterocycles. The number of urea groups is 1. The Labute approximate surface area is 104 Å². The van der Waals surface area contributed by atoms with Crippen LogP contribution in [0.15, 0.2) is 30.3 Å². The standard InChI is InChI=1S/C14H22N2O/c1-3-10-15-14(17)16-11-9-12(2)13-7-5-4-6-8-13/h4-8,12H,3,9-11H2,1-2H3,(H2,15,16,17). The van der Waals surface area contributed by atoms with Gasteiger partial charge in [0.25, 0.3) is 0 Å².